The van der Waals surface area contributed by atoms with Gasteiger partial charge in [-0.1, -0.05) is 28.1 Å². The molecular weight excluding hydrogens is 332 g/mol. The van der Waals surface area contributed by atoms with Crippen LogP contribution in [0.1, 0.15) is 36.6 Å². The summed E-state index contributed by atoms with van der Waals surface area (Å²) in [6.45, 7) is 2.90. The van der Waals surface area contributed by atoms with Crippen molar-refractivity contribution in [2.24, 2.45) is 0 Å². The van der Waals surface area contributed by atoms with Gasteiger partial charge in [-0.05, 0) is 31.0 Å². The highest BCUT2D eigenvalue weighted by atomic mass is 79.9. The Hall–Kier alpha value is -1.69. The van der Waals surface area contributed by atoms with Crippen molar-refractivity contribution in [2.75, 3.05) is 0 Å². The van der Waals surface area contributed by atoms with Crippen molar-refractivity contribution in [3.05, 3.63) is 46.0 Å². The van der Waals surface area contributed by atoms with Crippen molar-refractivity contribution in [1.29, 1.82) is 0 Å². The number of carbonyl (C=O) groups excluding carboxylic acids is 1. The van der Waals surface area contributed by atoms with E-state index in [0.717, 1.165) is 41.1 Å². The van der Waals surface area contributed by atoms with Gasteiger partial charge in [-0.25, -0.2) is 0 Å². The predicted molar refractivity (Wildman–Crippen MR) is 82.7 cm³/mol. The van der Waals surface area contributed by atoms with Crippen LogP contribution in [-0.2, 0) is 24.2 Å². The topological polar surface area (TPSA) is 59.8 Å². The first kappa shape index (κ1) is 14.3. The van der Waals surface area contributed by atoms with Crippen LogP contribution in [0.3, 0.4) is 0 Å². The van der Waals surface area contributed by atoms with Gasteiger partial charge < -0.3 is 9.88 Å². The molecule has 2 aromatic rings. The highest BCUT2D eigenvalue weighted by Gasteiger charge is 2.22. The summed E-state index contributed by atoms with van der Waals surface area (Å²) in [6, 6.07) is 7.66. The van der Waals surface area contributed by atoms with E-state index in [0.29, 0.717) is 6.42 Å². The lowest BCUT2D eigenvalue weighted by atomic mass is 10.1. The third kappa shape index (κ3) is 3.15. The lowest BCUT2D eigenvalue weighted by molar-refractivity contribution is -0.121. The van der Waals surface area contributed by atoms with Gasteiger partial charge in [-0.15, -0.1) is 10.2 Å². The van der Waals surface area contributed by atoms with E-state index in [4.69, 9.17) is 0 Å². The Bertz CT molecular complexity index is 650. The Morgan fingerprint density at radius 3 is 2.90 bits per heavy atom. The second-order valence-electron chi connectivity index (χ2n) is 5.32. The Kier molecular flexibility index (Phi) is 4.05. The van der Waals surface area contributed by atoms with Crippen LogP contribution in [0.25, 0.3) is 0 Å². The zero-order valence-corrected chi connectivity index (χ0v) is 13.4. The number of rotatable bonds is 4. The molecule has 3 rings (SSSR count). The monoisotopic (exact) mass is 348 g/mol. The number of carbonyl (C=O) groups is 1. The molecule has 1 aromatic heterocycles. The van der Waals surface area contributed by atoms with Gasteiger partial charge in [0.05, 0.1) is 12.5 Å². The first-order valence-corrected chi connectivity index (χ1v) is 7.88. The number of halogens is 1. The largest absolute Gasteiger partial charge is 0.346 e. The number of fused-ring (bicyclic) bond motifs is 1. The molecule has 0 aliphatic carbocycles. The van der Waals surface area contributed by atoms with Crippen molar-refractivity contribution < 1.29 is 4.79 Å². The minimum absolute atomic E-state index is 0.000157. The quantitative estimate of drug-likeness (QED) is 0.922. The molecule has 1 atom stereocenters. The number of nitrogens with one attached hydrogen (secondary N) is 1. The molecule has 1 amide bonds. The van der Waals surface area contributed by atoms with Gasteiger partial charge in [0.15, 0.2) is 5.82 Å². The average molecular weight is 349 g/mol. The second kappa shape index (κ2) is 5.97. The molecule has 1 N–H and O–H groups in total. The summed E-state index contributed by atoms with van der Waals surface area (Å²) in [5, 5.41) is 11.4. The van der Waals surface area contributed by atoms with Gasteiger partial charge in [0.1, 0.15) is 5.82 Å². The molecule has 21 heavy (non-hydrogen) atoms. The van der Waals surface area contributed by atoms with Crippen molar-refractivity contribution in [3.63, 3.8) is 0 Å². The molecule has 2 heterocycles. The molecular formula is C15H17BrN4O. The van der Waals surface area contributed by atoms with Crippen molar-refractivity contribution >= 4 is 21.8 Å². The maximum Gasteiger partial charge on any atom is 0.224 e. The SMILES string of the molecule is C[C@@H](NC(=O)Cc1ccc(Br)cc1)c1nnc2n1CCC2. The lowest BCUT2D eigenvalue weighted by Gasteiger charge is -2.14. The first-order chi connectivity index (χ1) is 10.1. The van der Waals surface area contributed by atoms with Gasteiger partial charge in [0, 0.05) is 17.4 Å². The third-order valence-corrected chi connectivity index (χ3v) is 4.21. The van der Waals surface area contributed by atoms with Gasteiger partial charge in [0.25, 0.3) is 0 Å². The van der Waals surface area contributed by atoms with Crippen LogP contribution in [0.2, 0.25) is 0 Å². The van der Waals surface area contributed by atoms with E-state index in [9.17, 15) is 4.79 Å². The van der Waals surface area contributed by atoms with E-state index in [-0.39, 0.29) is 11.9 Å². The molecule has 0 radical (unpaired) electrons. The van der Waals surface area contributed by atoms with Gasteiger partial charge in [0.2, 0.25) is 5.91 Å². The summed E-state index contributed by atoms with van der Waals surface area (Å²) in [5.41, 5.74) is 0.995. The second-order valence-corrected chi connectivity index (χ2v) is 6.24. The van der Waals surface area contributed by atoms with Crippen LogP contribution in [0.4, 0.5) is 0 Å². The molecule has 5 nitrogen and oxygen atoms in total. The Morgan fingerprint density at radius 2 is 2.14 bits per heavy atom. The molecule has 1 aliphatic rings. The summed E-state index contributed by atoms with van der Waals surface area (Å²) in [6.07, 6.45) is 2.46. The minimum Gasteiger partial charge on any atom is -0.346 e. The zero-order chi connectivity index (χ0) is 14.8. The van der Waals surface area contributed by atoms with Gasteiger partial charge in [-0.2, -0.15) is 0 Å². The van der Waals surface area contributed by atoms with Crippen LogP contribution < -0.4 is 5.32 Å². The van der Waals surface area contributed by atoms with Crippen LogP contribution >= 0.6 is 15.9 Å². The van der Waals surface area contributed by atoms with E-state index in [2.05, 4.69) is 36.0 Å². The van der Waals surface area contributed by atoms with E-state index in [1.54, 1.807) is 0 Å². The van der Waals surface area contributed by atoms with E-state index >= 15 is 0 Å². The number of amides is 1. The fraction of sp³-hybridized carbons (Fsp3) is 0.400. The maximum atomic E-state index is 12.1. The molecule has 110 valence electrons. The van der Waals surface area contributed by atoms with Crippen molar-refractivity contribution in [3.8, 4) is 0 Å². The van der Waals surface area contributed by atoms with Crippen LogP contribution in [0, 0.1) is 0 Å². The number of hydrogen-bond donors (Lipinski definition) is 1. The highest BCUT2D eigenvalue weighted by molar-refractivity contribution is 9.10. The number of benzene rings is 1. The number of hydrogen-bond acceptors (Lipinski definition) is 3. The van der Waals surface area contributed by atoms with Gasteiger partial charge in [-0.3, -0.25) is 4.79 Å². The molecule has 6 heteroatoms. The summed E-state index contributed by atoms with van der Waals surface area (Å²) in [4.78, 5) is 12.1. The summed E-state index contributed by atoms with van der Waals surface area (Å²) in [7, 11) is 0. The fourth-order valence-electron chi connectivity index (χ4n) is 2.64. The molecule has 0 spiro atoms. The van der Waals surface area contributed by atoms with Crippen molar-refractivity contribution in [2.45, 2.75) is 38.8 Å². The van der Waals surface area contributed by atoms with Gasteiger partial charge >= 0.3 is 0 Å². The Balaban J connectivity index is 1.63. The molecule has 0 saturated heterocycles. The van der Waals surface area contributed by atoms with E-state index < -0.39 is 0 Å². The summed E-state index contributed by atoms with van der Waals surface area (Å²) < 4.78 is 3.13. The normalized spacial score (nSPS) is 14.8. The zero-order valence-electron chi connectivity index (χ0n) is 11.8. The van der Waals surface area contributed by atoms with Crippen LogP contribution in [0.15, 0.2) is 28.7 Å². The molecule has 0 bridgehead atoms. The van der Waals surface area contributed by atoms with E-state index in [1.165, 1.54) is 0 Å². The molecule has 0 saturated carbocycles. The molecule has 0 fully saturated rings. The molecule has 0 unspecified atom stereocenters. The minimum atomic E-state index is -0.118. The first-order valence-electron chi connectivity index (χ1n) is 7.09. The number of aromatic nitrogens is 3. The number of aryl methyl sites for hydroxylation is 1. The molecule has 1 aromatic carbocycles. The van der Waals surface area contributed by atoms with E-state index in [1.807, 2.05) is 31.2 Å². The molecule has 1 aliphatic heterocycles. The lowest BCUT2D eigenvalue weighted by Crippen LogP contribution is -2.29. The Morgan fingerprint density at radius 1 is 1.38 bits per heavy atom. The van der Waals surface area contributed by atoms with Crippen LogP contribution in [-0.4, -0.2) is 20.7 Å². The Labute approximate surface area is 131 Å². The standard InChI is InChI=1S/C15H17BrN4O/c1-10(15-19-18-13-3-2-8-20(13)15)17-14(21)9-11-4-6-12(16)7-5-11/h4-7,10H,2-3,8-9H2,1H3,(H,17,21)/t10-/m1/s1. The van der Waals surface area contributed by atoms with Crippen LogP contribution in [0.5, 0.6) is 0 Å². The smallest absolute Gasteiger partial charge is 0.224 e. The number of nitrogens with zero attached hydrogens (tertiary/aromatic N) is 3. The summed E-state index contributed by atoms with van der Waals surface area (Å²) >= 11 is 3.39. The predicted octanol–water partition coefficient (Wildman–Crippen LogP) is 2.41. The maximum absolute atomic E-state index is 12.1. The highest BCUT2D eigenvalue weighted by Crippen LogP contribution is 2.19. The van der Waals surface area contributed by atoms with Crippen molar-refractivity contribution in [1.82, 2.24) is 20.1 Å². The fourth-order valence-corrected chi connectivity index (χ4v) is 2.90. The summed E-state index contributed by atoms with van der Waals surface area (Å²) in [5.74, 6) is 1.88. The third-order valence-electron chi connectivity index (χ3n) is 3.68. The average Bonchev–Trinajstić information content (AvgIpc) is 3.03.